The molecule has 0 saturated carbocycles. The second-order valence-corrected chi connectivity index (χ2v) is 8.93. The minimum Gasteiger partial charge on any atom is -0.435 e. The second kappa shape index (κ2) is 10.7. The fraction of sp³-hybridized carbons (Fsp3) is 0.214. The van der Waals surface area contributed by atoms with Crippen molar-refractivity contribution in [2.45, 2.75) is 19.6 Å². The van der Waals surface area contributed by atoms with Crippen molar-refractivity contribution in [1.82, 2.24) is 15.1 Å². The number of anilines is 2. The summed E-state index contributed by atoms with van der Waals surface area (Å²) in [6, 6.07) is 22.7. The zero-order valence-corrected chi connectivity index (χ0v) is 20.5. The molecule has 1 unspecified atom stereocenters. The van der Waals surface area contributed by atoms with Crippen molar-refractivity contribution in [3.05, 3.63) is 78.4 Å². The van der Waals surface area contributed by atoms with Crippen LogP contribution < -0.4 is 15.0 Å². The number of urea groups is 1. The van der Waals surface area contributed by atoms with E-state index in [9.17, 15) is 13.6 Å². The highest BCUT2D eigenvalue weighted by Gasteiger charge is 2.29. The van der Waals surface area contributed by atoms with E-state index in [1.165, 1.54) is 24.3 Å². The molecule has 1 aromatic heterocycles. The molecule has 5 rings (SSSR count). The van der Waals surface area contributed by atoms with E-state index in [4.69, 9.17) is 5.26 Å². The summed E-state index contributed by atoms with van der Waals surface area (Å²) in [5.41, 5.74) is 2.69. The third-order valence-corrected chi connectivity index (χ3v) is 6.47. The summed E-state index contributed by atoms with van der Waals surface area (Å²) in [4.78, 5) is 16.8. The van der Waals surface area contributed by atoms with Crippen LogP contribution in [0.1, 0.15) is 12.5 Å². The summed E-state index contributed by atoms with van der Waals surface area (Å²) < 4.78 is 29.1. The molecule has 0 spiro atoms. The number of piperazine rings is 1. The Labute approximate surface area is 218 Å². The molecule has 1 aliphatic heterocycles. The van der Waals surface area contributed by atoms with Crippen molar-refractivity contribution >= 4 is 28.3 Å². The van der Waals surface area contributed by atoms with E-state index in [1.807, 2.05) is 43.3 Å². The monoisotopic (exact) mass is 514 g/mol. The summed E-state index contributed by atoms with van der Waals surface area (Å²) >= 11 is 0. The maximum atomic E-state index is 12.9. The van der Waals surface area contributed by atoms with Crippen LogP contribution in [0, 0.1) is 11.3 Å². The van der Waals surface area contributed by atoms with Crippen molar-refractivity contribution in [3.8, 4) is 23.1 Å². The molecule has 2 heterocycles. The van der Waals surface area contributed by atoms with Gasteiger partial charge in [-0.25, -0.2) is 4.79 Å². The number of hydrogen-bond acceptors (Lipinski definition) is 6. The van der Waals surface area contributed by atoms with Crippen LogP contribution in [-0.2, 0) is 0 Å². The van der Waals surface area contributed by atoms with Gasteiger partial charge in [0.05, 0.1) is 11.6 Å². The van der Waals surface area contributed by atoms with Crippen LogP contribution >= 0.6 is 0 Å². The van der Waals surface area contributed by atoms with Gasteiger partial charge in [0.2, 0.25) is 0 Å². The standard InChI is InChI=1S/C28H24F2N6O2/c1-18-17-35(14-15-36(18)28(37)32-21-10-12-22(13-11-21)38-27(29)30)26-24-5-3-2-4-23(24)25(33-34-26)20-8-6-19(16-31)7-9-20/h2-13,18,27H,14-15,17H2,1H3,(H,32,37). The highest BCUT2D eigenvalue weighted by molar-refractivity contribution is 6.00. The van der Waals surface area contributed by atoms with Gasteiger partial charge in [-0.2, -0.15) is 14.0 Å². The molecule has 38 heavy (non-hydrogen) atoms. The van der Waals surface area contributed by atoms with Crippen LogP contribution in [0.15, 0.2) is 72.8 Å². The van der Waals surface area contributed by atoms with E-state index in [1.54, 1.807) is 17.0 Å². The molecule has 0 bridgehead atoms. The number of halogens is 2. The number of fused-ring (bicyclic) bond motifs is 1. The maximum absolute atomic E-state index is 12.9. The Balaban J connectivity index is 1.31. The Bertz CT molecular complexity index is 1490. The molecule has 1 saturated heterocycles. The number of nitrogens with zero attached hydrogens (tertiary/aromatic N) is 5. The summed E-state index contributed by atoms with van der Waals surface area (Å²) in [6.45, 7) is 0.651. The van der Waals surface area contributed by atoms with Gasteiger partial charge >= 0.3 is 12.6 Å². The van der Waals surface area contributed by atoms with Gasteiger partial charge in [-0.05, 0) is 43.3 Å². The van der Waals surface area contributed by atoms with E-state index in [2.05, 4.69) is 31.2 Å². The summed E-state index contributed by atoms with van der Waals surface area (Å²) in [7, 11) is 0. The SMILES string of the molecule is CC1CN(c2nnc(-c3ccc(C#N)cc3)c3ccccc23)CCN1C(=O)Nc1ccc(OC(F)F)cc1. The fourth-order valence-corrected chi connectivity index (χ4v) is 4.61. The number of benzene rings is 3. The Morgan fingerprint density at radius 3 is 2.39 bits per heavy atom. The zero-order valence-electron chi connectivity index (χ0n) is 20.5. The van der Waals surface area contributed by atoms with E-state index in [-0.39, 0.29) is 17.8 Å². The highest BCUT2D eigenvalue weighted by Crippen LogP contribution is 2.32. The van der Waals surface area contributed by atoms with E-state index in [0.717, 1.165) is 27.8 Å². The summed E-state index contributed by atoms with van der Waals surface area (Å²) in [5.74, 6) is 0.776. The number of nitriles is 1. The molecule has 8 nitrogen and oxygen atoms in total. The Morgan fingerprint density at radius 1 is 1.03 bits per heavy atom. The van der Waals surface area contributed by atoms with Crippen molar-refractivity contribution in [3.63, 3.8) is 0 Å². The van der Waals surface area contributed by atoms with Crippen molar-refractivity contribution in [2.75, 3.05) is 29.9 Å². The lowest BCUT2D eigenvalue weighted by molar-refractivity contribution is -0.0498. The first-order valence-electron chi connectivity index (χ1n) is 12.1. The molecular weight excluding hydrogens is 490 g/mol. The molecule has 3 aromatic carbocycles. The van der Waals surface area contributed by atoms with Gasteiger partial charge in [-0.3, -0.25) is 0 Å². The number of amides is 2. The van der Waals surface area contributed by atoms with Gasteiger partial charge in [-0.15, -0.1) is 10.2 Å². The van der Waals surface area contributed by atoms with Crippen LogP contribution in [0.2, 0.25) is 0 Å². The van der Waals surface area contributed by atoms with Gasteiger partial charge in [0.1, 0.15) is 11.4 Å². The van der Waals surface area contributed by atoms with E-state index < -0.39 is 6.61 Å². The van der Waals surface area contributed by atoms with E-state index in [0.29, 0.717) is 30.9 Å². The van der Waals surface area contributed by atoms with Crippen LogP contribution in [0.4, 0.5) is 25.1 Å². The first-order valence-corrected chi connectivity index (χ1v) is 12.1. The maximum Gasteiger partial charge on any atom is 0.387 e. The first kappa shape index (κ1) is 24.9. The molecule has 0 aliphatic carbocycles. The number of aromatic nitrogens is 2. The molecule has 4 aromatic rings. The second-order valence-electron chi connectivity index (χ2n) is 8.93. The van der Waals surface area contributed by atoms with Gasteiger partial charge in [0.25, 0.3) is 0 Å². The van der Waals surface area contributed by atoms with Crippen molar-refractivity contribution in [1.29, 1.82) is 5.26 Å². The number of alkyl halides is 2. The first-order chi connectivity index (χ1) is 18.4. The molecule has 1 fully saturated rings. The Hall–Kier alpha value is -4.78. The van der Waals surface area contributed by atoms with Crippen LogP contribution in [-0.4, -0.2) is 53.4 Å². The third kappa shape index (κ3) is 5.18. The lowest BCUT2D eigenvalue weighted by atomic mass is 10.0. The number of rotatable bonds is 5. The topological polar surface area (TPSA) is 94.4 Å². The molecule has 2 amide bonds. The average Bonchev–Trinajstić information content (AvgIpc) is 2.93. The largest absolute Gasteiger partial charge is 0.435 e. The number of carbonyl (C=O) groups excluding carboxylic acids is 1. The summed E-state index contributed by atoms with van der Waals surface area (Å²) in [6.07, 6.45) is 0. The Kier molecular flexibility index (Phi) is 7.00. The number of hydrogen-bond donors (Lipinski definition) is 1. The minimum atomic E-state index is -2.90. The van der Waals surface area contributed by atoms with Crippen LogP contribution in [0.3, 0.4) is 0 Å². The Morgan fingerprint density at radius 2 is 1.74 bits per heavy atom. The lowest BCUT2D eigenvalue weighted by Gasteiger charge is -2.40. The van der Waals surface area contributed by atoms with Crippen molar-refractivity contribution < 1.29 is 18.3 Å². The van der Waals surface area contributed by atoms with Gasteiger partial charge in [0, 0.05) is 47.7 Å². The lowest BCUT2D eigenvalue weighted by Crippen LogP contribution is -2.55. The summed E-state index contributed by atoms with van der Waals surface area (Å²) in [5, 5.41) is 22.9. The van der Waals surface area contributed by atoms with E-state index >= 15 is 0 Å². The predicted molar refractivity (Wildman–Crippen MR) is 140 cm³/mol. The normalized spacial score (nSPS) is 15.4. The molecule has 1 aliphatic rings. The molecule has 10 heteroatoms. The van der Waals surface area contributed by atoms with Gasteiger partial charge in [0.15, 0.2) is 5.82 Å². The molecule has 1 atom stereocenters. The highest BCUT2D eigenvalue weighted by atomic mass is 19.3. The number of nitrogens with one attached hydrogen (secondary N) is 1. The van der Waals surface area contributed by atoms with Crippen LogP contribution in [0.5, 0.6) is 5.75 Å². The number of ether oxygens (including phenoxy) is 1. The molecule has 192 valence electrons. The third-order valence-electron chi connectivity index (χ3n) is 6.47. The average molecular weight is 515 g/mol. The quantitative estimate of drug-likeness (QED) is 0.377. The molecular formula is C28H24F2N6O2. The fourth-order valence-electron chi connectivity index (χ4n) is 4.61. The predicted octanol–water partition coefficient (Wildman–Crippen LogP) is 5.51. The minimum absolute atomic E-state index is 0.0264. The van der Waals surface area contributed by atoms with Gasteiger partial charge in [-0.1, -0.05) is 36.4 Å². The zero-order chi connectivity index (χ0) is 26.6. The van der Waals surface area contributed by atoms with Crippen molar-refractivity contribution in [2.24, 2.45) is 0 Å². The van der Waals surface area contributed by atoms with Gasteiger partial charge < -0.3 is 19.9 Å². The number of carbonyl (C=O) groups is 1. The smallest absolute Gasteiger partial charge is 0.387 e. The van der Waals surface area contributed by atoms with Crippen LogP contribution in [0.25, 0.3) is 22.0 Å². The molecule has 0 radical (unpaired) electrons. The molecule has 1 N–H and O–H groups in total.